The Hall–Kier alpha value is -5.05. The monoisotopic (exact) mass is 510 g/mol. The Kier molecular flexibility index (Phi) is 6.82. The number of carbonyl (C=O) groups excluding carboxylic acids is 2. The predicted molar refractivity (Wildman–Crippen MR) is 142 cm³/mol. The first kappa shape index (κ1) is 24.6. The van der Waals surface area contributed by atoms with E-state index >= 15 is 0 Å². The molecule has 0 bridgehead atoms. The number of ether oxygens (including phenoxy) is 2. The molecule has 5 rings (SSSR count). The lowest BCUT2D eigenvalue weighted by molar-refractivity contribution is -0.132. The molecular formula is C29H26N4O5. The zero-order valence-electron chi connectivity index (χ0n) is 21.2. The summed E-state index contributed by atoms with van der Waals surface area (Å²) in [4.78, 5) is 30.0. The molecule has 38 heavy (non-hydrogen) atoms. The van der Waals surface area contributed by atoms with E-state index in [2.05, 4.69) is 0 Å². The third-order valence-corrected chi connectivity index (χ3v) is 5.86. The number of hydrazine groups is 1. The van der Waals surface area contributed by atoms with E-state index in [0.29, 0.717) is 29.4 Å². The zero-order chi connectivity index (χ0) is 26.6. The number of esters is 1. The average Bonchev–Trinajstić information content (AvgIpc) is 3.54. The fourth-order valence-corrected chi connectivity index (χ4v) is 4.04. The third kappa shape index (κ3) is 5.22. The van der Waals surface area contributed by atoms with E-state index in [1.165, 1.54) is 24.0 Å². The number of hydrogen-bond donors (Lipinski definition) is 0. The lowest BCUT2D eigenvalue weighted by Crippen LogP contribution is -2.37. The average molecular weight is 511 g/mol. The molecule has 1 aliphatic heterocycles. The maximum Gasteiger partial charge on any atom is 0.308 e. The van der Waals surface area contributed by atoms with E-state index in [1.807, 2.05) is 65.3 Å². The van der Waals surface area contributed by atoms with Crippen molar-refractivity contribution in [1.29, 1.82) is 0 Å². The minimum absolute atomic E-state index is 0.242. The minimum atomic E-state index is -0.413. The SMILES string of the molecule is COc1ccc(-c2cc(C3=CN(C(C)=O)N(c4ccc(OC(C)=O)cc4)O3)n(Cc3ccccc3)n2)cc1. The van der Waals surface area contributed by atoms with Gasteiger partial charge in [0.25, 0.3) is 0 Å². The van der Waals surface area contributed by atoms with Gasteiger partial charge in [-0.3, -0.25) is 14.3 Å². The highest BCUT2D eigenvalue weighted by molar-refractivity contribution is 5.80. The Morgan fingerprint density at radius 1 is 0.895 bits per heavy atom. The van der Waals surface area contributed by atoms with Crippen LogP contribution in [0.25, 0.3) is 17.0 Å². The van der Waals surface area contributed by atoms with E-state index < -0.39 is 5.97 Å². The number of nitrogens with zero attached hydrogens (tertiary/aromatic N) is 4. The molecule has 0 aliphatic carbocycles. The summed E-state index contributed by atoms with van der Waals surface area (Å²) in [5.41, 5.74) is 4.01. The molecule has 0 unspecified atom stereocenters. The van der Waals surface area contributed by atoms with Crippen molar-refractivity contribution in [2.45, 2.75) is 20.4 Å². The quantitative estimate of drug-likeness (QED) is 0.254. The van der Waals surface area contributed by atoms with Crippen molar-refractivity contribution < 1.29 is 23.9 Å². The van der Waals surface area contributed by atoms with Gasteiger partial charge in [0.15, 0.2) is 0 Å². The molecule has 3 aromatic carbocycles. The maximum absolute atomic E-state index is 12.5. The summed E-state index contributed by atoms with van der Waals surface area (Å²) in [5.74, 6) is 0.949. The molecule has 0 saturated carbocycles. The molecule has 0 fully saturated rings. The van der Waals surface area contributed by atoms with Crippen molar-refractivity contribution >= 4 is 23.3 Å². The summed E-state index contributed by atoms with van der Waals surface area (Å²) in [7, 11) is 1.63. The minimum Gasteiger partial charge on any atom is -0.497 e. The van der Waals surface area contributed by atoms with Crippen LogP contribution in [0.1, 0.15) is 25.1 Å². The van der Waals surface area contributed by atoms with Gasteiger partial charge in [-0.05, 0) is 60.2 Å². The van der Waals surface area contributed by atoms with Gasteiger partial charge in [-0.15, -0.1) is 5.17 Å². The van der Waals surface area contributed by atoms with Crippen LogP contribution in [0.3, 0.4) is 0 Å². The van der Waals surface area contributed by atoms with E-state index in [4.69, 9.17) is 19.4 Å². The lowest BCUT2D eigenvalue weighted by atomic mass is 10.1. The normalized spacial score (nSPS) is 12.7. The molecule has 192 valence electrons. The first-order valence-electron chi connectivity index (χ1n) is 12.0. The van der Waals surface area contributed by atoms with Crippen LogP contribution in [0, 0.1) is 0 Å². The third-order valence-electron chi connectivity index (χ3n) is 5.86. The van der Waals surface area contributed by atoms with Gasteiger partial charge in [-0.2, -0.15) is 10.1 Å². The van der Waals surface area contributed by atoms with Crippen molar-refractivity contribution in [1.82, 2.24) is 14.8 Å². The fourth-order valence-electron chi connectivity index (χ4n) is 4.04. The van der Waals surface area contributed by atoms with Gasteiger partial charge in [0.2, 0.25) is 11.7 Å². The van der Waals surface area contributed by atoms with Crippen molar-refractivity contribution in [3.05, 3.63) is 102 Å². The maximum atomic E-state index is 12.5. The zero-order valence-corrected chi connectivity index (χ0v) is 21.2. The van der Waals surface area contributed by atoms with Crippen molar-refractivity contribution in [3.63, 3.8) is 0 Å². The Balaban J connectivity index is 1.50. The molecule has 0 saturated heterocycles. The molecule has 1 aliphatic rings. The number of benzene rings is 3. The number of anilines is 1. The van der Waals surface area contributed by atoms with Gasteiger partial charge in [0.05, 0.1) is 25.5 Å². The van der Waals surface area contributed by atoms with Crippen molar-refractivity contribution in [2.75, 3.05) is 12.3 Å². The molecule has 0 N–H and O–H groups in total. The van der Waals surface area contributed by atoms with Gasteiger partial charge in [0, 0.05) is 19.4 Å². The number of amides is 1. The number of rotatable bonds is 7. The number of aromatic nitrogens is 2. The molecule has 9 heteroatoms. The summed E-state index contributed by atoms with van der Waals surface area (Å²) >= 11 is 0. The van der Waals surface area contributed by atoms with Crippen LogP contribution in [-0.4, -0.2) is 33.8 Å². The molecule has 0 spiro atoms. The molecule has 1 aromatic heterocycles. The molecule has 1 amide bonds. The standard InChI is InChI=1S/C29H26N4O5/c1-20(34)32-19-29(38-33(32)24-11-15-26(16-12-24)37-21(2)35)28-17-27(23-9-13-25(36-3)14-10-23)30-31(28)18-22-7-5-4-6-8-22/h4-17,19H,18H2,1-3H3. The Labute approximate surface area is 220 Å². The van der Waals surface area contributed by atoms with Gasteiger partial charge in [-0.1, -0.05) is 30.3 Å². The first-order chi connectivity index (χ1) is 18.4. The van der Waals surface area contributed by atoms with E-state index in [-0.39, 0.29) is 5.91 Å². The summed E-state index contributed by atoms with van der Waals surface area (Å²) in [6, 6.07) is 26.3. The summed E-state index contributed by atoms with van der Waals surface area (Å²) in [5, 5.41) is 7.64. The summed E-state index contributed by atoms with van der Waals surface area (Å²) in [6.07, 6.45) is 1.64. The smallest absolute Gasteiger partial charge is 0.308 e. The fraction of sp³-hybridized carbons (Fsp3) is 0.138. The van der Waals surface area contributed by atoms with Crippen LogP contribution < -0.4 is 14.6 Å². The second-order valence-corrected chi connectivity index (χ2v) is 8.60. The largest absolute Gasteiger partial charge is 0.497 e. The van der Waals surface area contributed by atoms with E-state index in [0.717, 1.165) is 22.6 Å². The molecule has 2 heterocycles. The van der Waals surface area contributed by atoms with E-state index in [9.17, 15) is 9.59 Å². The van der Waals surface area contributed by atoms with Crippen LogP contribution in [-0.2, 0) is 21.0 Å². The summed E-state index contributed by atoms with van der Waals surface area (Å²) in [6.45, 7) is 3.29. The van der Waals surface area contributed by atoms with Gasteiger partial charge < -0.3 is 14.3 Å². The van der Waals surface area contributed by atoms with Crippen LogP contribution in [0.4, 0.5) is 5.69 Å². The van der Waals surface area contributed by atoms with Crippen LogP contribution in [0.15, 0.2) is 91.1 Å². The van der Waals surface area contributed by atoms with Crippen LogP contribution >= 0.6 is 0 Å². The highest BCUT2D eigenvalue weighted by Gasteiger charge is 2.31. The number of carbonyl (C=O) groups is 2. The Bertz CT molecular complexity index is 1480. The van der Waals surface area contributed by atoms with E-state index in [1.54, 1.807) is 37.6 Å². The van der Waals surface area contributed by atoms with Crippen molar-refractivity contribution in [2.24, 2.45) is 0 Å². The number of methoxy groups -OCH3 is 1. The highest BCUT2D eigenvalue weighted by atomic mass is 16.7. The van der Waals surface area contributed by atoms with Gasteiger partial charge in [0.1, 0.15) is 22.9 Å². The topological polar surface area (TPSA) is 86.1 Å². The molecular weight excluding hydrogens is 484 g/mol. The second-order valence-electron chi connectivity index (χ2n) is 8.60. The number of hydrogen-bond acceptors (Lipinski definition) is 7. The van der Waals surface area contributed by atoms with Gasteiger partial charge >= 0.3 is 5.97 Å². The van der Waals surface area contributed by atoms with Crippen molar-refractivity contribution in [3.8, 4) is 22.8 Å². The highest BCUT2D eigenvalue weighted by Crippen LogP contribution is 2.34. The molecule has 9 nitrogen and oxygen atoms in total. The lowest BCUT2D eigenvalue weighted by Gasteiger charge is -2.25. The predicted octanol–water partition coefficient (Wildman–Crippen LogP) is 5.05. The Morgan fingerprint density at radius 2 is 1.58 bits per heavy atom. The Morgan fingerprint density at radius 3 is 2.21 bits per heavy atom. The van der Waals surface area contributed by atoms with Crippen LogP contribution in [0.2, 0.25) is 0 Å². The molecule has 0 atom stereocenters. The van der Waals surface area contributed by atoms with Gasteiger partial charge in [-0.25, -0.2) is 0 Å². The summed E-state index contributed by atoms with van der Waals surface area (Å²) < 4.78 is 12.3. The second kappa shape index (κ2) is 10.5. The molecule has 4 aromatic rings. The van der Waals surface area contributed by atoms with Crippen LogP contribution in [0.5, 0.6) is 11.5 Å². The first-order valence-corrected chi connectivity index (χ1v) is 12.0. The molecule has 0 radical (unpaired) electrons.